The van der Waals surface area contributed by atoms with Crippen LogP contribution in [0.4, 0.5) is 4.39 Å². The Bertz CT molecular complexity index is 1140. The fourth-order valence-corrected chi connectivity index (χ4v) is 3.80. The number of ether oxygens (including phenoxy) is 1. The minimum atomic E-state index is -0.848. The van der Waals surface area contributed by atoms with Gasteiger partial charge in [0.05, 0.1) is 17.8 Å². The van der Waals surface area contributed by atoms with Crippen LogP contribution < -0.4 is 5.73 Å². The molecular weight excluding hydrogens is 403 g/mol. The van der Waals surface area contributed by atoms with E-state index >= 15 is 4.39 Å². The third-order valence-corrected chi connectivity index (χ3v) is 5.25. The second kappa shape index (κ2) is 8.27. The zero-order valence-electron chi connectivity index (χ0n) is 16.7. The van der Waals surface area contributed by atoms with Gasteiger partial charge < -0.3 is 20.7 Å². The van der Waals surface area contributed by atoms with E-state index in [1.54, 1.807) is 18.3 Å². The number of nitrogens with two attached hydrogens (primary N) is 1. The van der Waals surface area contributed by atoms with Crippen molar-refractivity contribution >= 4 is 5.91 Å². The summed E-state index contributed by atoms with van der Waals surface area (Å²) < 4.78 is 21.9. The molecule has 8 nitrogen and oxygen atoms in total. The van der Waals surface area contributed by atoms with Crippen molar-refractivity contribution in [1.29, 1.82) is 0 Å². The number of amides is 1. The fourth-order valence-electron chi connectivity index (χ4n) is 3.80. The molecular formula is C22H21FN4O4. The highest BCUT2D eigenvalue weighted by Gasteiger charge is 2.32. The summed E-state index contributed by atoms with van der Waals surface area (Å²) in [5, 5.41) is 21.1. The standard InChI is InChI=1S/C22H21FN4O4/c1-11-4-2-6-15(31-11)17-16(12-5-3-9-25-10-12)18(23)20(27-22(17)30)19-14(28)8-7-13(26-19)21(24)29/h3,5,7-11,15,28H,2,4,6H2,1H3,(H2,24,29)(H,27,30). The quantitative estimate of drug-likeness (QED) is 0.584. The Morgan fingerprint density at radius 3 is 2.68 bits per heavy atom. The minimum Gasteiger partial charge on any atom is -0.506 e. The van der Waals surface area contributed by atoms with Gasteiger partial charge in [-0.25, -0.2) is 14.4 Å². The summed E-state index contributed by atoms with van der Waals surface area (Å²) in [6, 6.07) is 5.68. The Morgan fingerprint density at radius 1 is 1.19 bits per heavy atom. The molecule has 9 heteroatoms. The number of rotatable bonds is 4. The molecule has 2 atom stereocenters. The molecule has 31 heavy (non-hydrogen) atoms. The molecule has 1 aliphatic heterocycles. The molecule has 0 bridgehead atoms. The number of aromatic hydroxyl groups is 2. The van der Waals surface area contributed by atoms with E-state index in [-0.39, 0.29) is 28.6 Å². The Kier molecular flexibility index (Phi) is 5.51. The van der Waals surface area contributed by atoms with Gasteiger partial charge in [0, 0.05) is 23.5 Å². The van der Waals surface area contributed by atoms with Crippen LogP contribution in [-0.2, 0) is 4.74 Å². The average molecular weight is 424 g/mol. The van der Waals surface area contributed by atoms with E-state index in [1.807, 2.05) is 6.92 Å². The lowest BCUT2D eigenvalue weighted by Crippen LogP contribution is -2.21. The normalized spacial score (nSPS) is 18.6. The van der Waals surface area contributed by atoms with Crippen LogP contribution in [0.2, 0.25) is 0 Å². The monoisotopic (exact) mass is 424 g/mol. The van der Waals surface area contributed by atoms with Crippen molar-refractivity contribution in [1.82, 2.24) is 15.0 Å². The van der Waals surface area contributed by atoms with E-state index < -0.39 is 35.2 Å². The SMILES string of the molecule is CC1CCCC(c2c(O)nc(-c3nc(C(N)=O)ccc3O)c(F)c2-c2cccnc2)O1. The summed E-state index contributed by atoms with van der Waals surface area (Å²) >= 11 is 0. The number of aromatic nitrogens is 3. The van der Waals surface area contributed by atoms with Crippen LogP contribution >= 0.6 is 0 Å². The molecule has 3 aromatic rings. The Hall–Kier alpha value is -3.59. The van der Waals surface area contributed by atoms with Crippen molar-refractivity contribution in [3.63, 3.8) is 0 Å². The third kappa shape index (κ3) is 3.91. The van der Waals surface area contributed by atoms with Gasteiger partial charge in [-0.05, 0) is 44.4 Å². The molecule has 0 aliphatic carbocycles. The largest absolute Gasteiger partial charge is 0.506 e. The van der Waals surface area contributed by atoms with Crippen LogP contribution in [0.15, 0.2) is 36.7 Å². The summed E-state index contributed by atoms with van der Waals surface area (Å²) in [5.41, 5.74) is 5.04. The minimum absolute atomic E-state index is 0.0550. The van der Waals surface area contributed by atoms with Gasteiger partial charge in [-0.2, -0.15) is 0 Å². The van der Waals surface area contributed by atoms with E-state index in [2.05, 4.69) is 15.0 Å². The Balaban J connectivity index is 1.98. The van der Waals surface area contributed by atoms with Crippen LogP contribution in [0.5, 0.6) is 11.6 Å². The molecule has 0 aromatic carbocycles. The molecule has 3 aromatic heterocycles. The molecule has 4 N–H and O–H groups in total. The molecule has 0 saturated carbocycles. The first kappa shape index (κ1) is 20.7. The number of carbonyl (C=O) groups is 1. The first-order valence-electron chi connectivity index (χ1n) is 9.85. The molecule has 0 spiro atoms. The molecule has 1 saturated heterocycles. The van der Waals surface area contributed by atoms with Crippen LogP contribution in [0, 0.1) is 5.82 Å². The summed E-state index contributed by atoms with van der Waals surface area (Å²) in [4.78, 5) is 23.5. The topological polar surface area (TPSA) is 131 Å². The highest BCUT2D eigenvalue weighted by atomic mass is 19.1. The predicted molar refractivity (Wildman–Crippen MR) is 110 cm³/mol. The molecule has 4 rings (SSSR count). The molecule has 1 amide bonds. The second-order valence-electron chi connectivity index (χ2n) is 7.42. The van der Waals surface area contributed by atoms with Gasteiger partial charge in [0.25, 0.3) is 5.91 Å². The second-order valence-corrected chi connectivity index (χ2v) is 7.42. The number of pyridine rings is 3. The lowest BCUT2D eigenvalue weighted by molar-refractivity contribution is -0.0424. The number of halogens is 1. The van der Waals surface area contributed by atoms with Gasteiger partial charge in [0.2, 0.25) is 5.88 Å². The fraction of sp³-hybridized carbons (Fsp3) is 0.273. The lowest BCUT2D eigenvalue weighted by atomic mass is 9.91. The Morgan fingerprint density at radius 2 is 2.00 bits per heavy atom. The smallest absolute Gasteiger partial charge is 0.267 e. The molecule has 4 heterocycles. The zero-order valence-corrected chi connectivity index (χ0v) is 16.7. The van der Waals surface area contributed by atoms with E-state index in [4.69, 9.17) is 10.5 Å². The molecule has 2 unspecified atom stereocenters. The van der Waals surface area contributed by atoms with E-state index in [0.717, 1.165) is 12.8 Å². The van der Waals surface area contributed by atoms with Gasteiger partial charge in [0.1, 0.15) is 22.8 Å². The van der Waals surface area contributed by atoms with Gasteiger partial charge in [0.15, 0.2) is 5.82 Å². The Labute approximate surface area is 177 Å². The summed E-state index contributed by atoms with van der Waals surface area (Å²) in [5.74, 6) is -2.53. The summed E-state index contributed by atoms with van der Waals surface area (Å²) in [7, 11) is 0. The first-order valence-corrected chi connectivity index (χ1v) is 9.85. The van der Waals surface area contributed by atoms with Crippen molar-refractivity contribution in [2.45, 2.75) is 38.4 Å². The number of hydrogen-bond acceptors (Lipinski definition) is 7. The van der Waals surface area contributed by atoms with Crippen molar-refractivity contribution < 1.29 is 24.1 Å². The van der Waals surface area contributed by atoms with Gasteiger partial charge >= 0.3 is 0 Å². The lowest BCUT2D eigenvalue weighted by Gasteiger charge is -2.30. The summed E-state index contributed by atoms with van der Waals surface area (Å²) in [6.07, 6.45) is 4.70. The number of carbonyl (C=O) groups excluding carboxylic acids is 1. The molecule has 160 valence electrons. The van der Waals surface area contributed by atoms with Crippen LogP contribution in [0.1, 0.15) is 48.3 Å². The predicted octanol–water partition coefficient (Wildman–Crippen LogP) is 3.48. The van der Waals surface area contributed by atoms with Gasteiger partial charge in [-0.3, -0.25) is 9.78 Å². The molecule has 1 aliphatic rings. The molecule has 0 radical (unpaired) electrons. The zero-order chi connectivity index (χ0) is 22.1. The summed E-state index contributed by atoms with van der Waals surface area (Å²) in [6.45, 7) is 1.92. The highest BCUT2D eigenvalue weighted by molar-refractivity contribution is 5.91. The van der Waals surface area contributed by atoms with Crippen LogP contribution in [0.3, 0.4) is 0 Å². The third-order valence-electron chi connectivity index (χ3n) is 5.25. The maximum absolute atomic E-state index is 15.9. The highest BCUT2D eigenvalue weighted by Crippen LogP contribution is 2.44. The van der Waals surface area contributed by atoms with Crippen molar-refractivity contribution in [3.05, 3.63) is 53.7 Å². The first-order chi connectivity index (χ1) is 14.9. The van der Waals surface area contributed by atoms with Gasteiger partial charge in [-0.1, -0.05) is 6.07 Å². The molecule has 1 fully saturated rings. The van der Waals surface area contributed by atoms with E-state index in [0.29, 0.717) is 12.0 Å². The van der Waals surface area contributed by atoms with Crippen molar-refractivity contribution in [2.75, 3.05) is 0 Å². The maximum Gasteiger partial charge on any atom is 0.267 e. The van der Waals surface area contributed by atoms with Crippen LogP contribution in [-0.4, -0.2) is 37.2 Å². The number of hydrogen-bond donors (Lipinski definition) is 3. The average Bonchev–Trinajstić information content (AvgIpc) is 2.75. The van der Waals surface area contributed by atoms with Gasteiger partial charge in [-0.15, -0.1) is 0 Å². The number of nitrogens with zero attached hydrogens (tertiary/aromatic N) is 3. The van der Waals surface area contributed by atoms with Crippen LogP contribution in [0.25, 0.3) is 22.5 Å². The van der Waals surface area contributed by atoms with E-state index in [9.17, 15) is 15.0 Å². The van der Waals surface area contributed by atoms with Crippen molar-refractivity contribution in [3.8, 4) is 34.1 Å². The van der Waals surface area contributed by atoms with E-state index in [1.165, 1.54) is 18.3 Å². The number of primary amides is 1. The maximum atomic E-state index is 15.9. The van der Waals surface area contributed by atoms with Crippen molar-refractivity contribution in [2.24, 2.45) is 5.73 Å².